The molecule has 0 saturated carbocycles. The zero-order chi connectivity index (χ0) is 27.7. The topological polar surface area (TPSA) is 40.6 Å². The summed E-state index contributed by atoms with van der Waals surface area (Å²) >= 11 is 13.1. The smallest absolute Gasteiger partial charge is 0.128 e. The first-order chi connectivity index (χ1) is 19.5. The van der Waals surface area contributed by atoms with Gasteiger partial charge in [-0.1, -0.05) is 60.8 Å². The van der Waals surface area contributed by atoms with E-state index in [2.05, 4.69) is 52.4 Å². The number of rotatable bonds is 7. The van der Waals surface area contributed by atoms with Crippen LogP contribution in [-0.4, -0.2) is 55.3 Å². The van der Waals surface area contributed by atoms with Crippen LogP contribution in [-0.2, 0) is 12.0 Å². The first-order valence-electron chi connectivity index (χ1n) is 14.9. The van der Waals surface area contributed by atoms with E-state index in [0.29, 0.717) is 28.6 Å². The first kappa shape index (κ1) is 27.8. The quantitative estimate of drug-likeness (QED) is 0.321. The minimum absolute atomic E-state index is 0.0491. The van der Waals surface area contributed by atoms with Crippen molar-refractivity contribution in [2.75, 3.05) is 44.2 Å². The van der Waals surface area contributed by atoms with Gasteiger partial charge in [0.25, 0.3) is 0 Å². The Labute approximate surface area is 248 Å². The number of aromatic nitrogens is 1. The largest absolute Gasteiger partial charge is 0.493 e. The molecule has 0 amide bonds. The summed E-state index contributed by atoms with van der Waals surface area (Å²) in [5.74, 6) is 1.37. The molecule has 2 fully saturated rings. The van der Waals surface area contributed by atoms with Gasteiger partial charge < -0.3 is 15.0 Å². The lowest BCUT2D eigenvalue weighted by molar-refractivity contribution is 0.0968. The van der Waals surface area contributed by atoms with Crippen molar-refractivity contribution in [2.45, 2.75) is 57.5 Å². The van der Waals surface area contributed by atoms with E-state index in [4.69, 9.17) is 32.9 Å². The molecule has 40 heavy (non-hydrogen) atoms. The van der Waals surface area contributed by atoms with Crippen LogP contribution in [0.25, 0.3) is 11.3 Å². The highest BCUT2D eigenvalue weighted by atomic mass is 35.5. The number of pyridine rings is 1. The zero-order valence-corrected chi connectivity index (χ0v) is 25.1. The van der Waals surface area contributed by atoms with Crippen LogP contribution in [0, 0.1) is 5.92 Å². The van der Waals surface area contributed by atoms with Crippen LogP contribution in [0.15, 0.2) is 54.6 Å². The molecule has 6 rings (SSSR count). The fourth-order valence-electron chi connectivity index (χ4n) is 7.40. The van der Waals surface area contributed by atoms with Crippen LogP contribution in [0.1, 0.15) is 50.8 Å². The van der Waals surface area contributed by atoms with Gasteiger partial charge in [0.05, 0.1) is 33.7 Å². The summed E-state index contributed by atoms with van der Waals surface area (Å²) in [6.45, 7) is 11.1. The lowest BCUT2D eigenvalue weighted by Gasteiger charge is -2.53. The lowest BCUT2D eigenvalue weighted by atomic mass is 9.62. The predicted octanol–water partition coefficient (Wildman–Crippen LogP) is 7.20. The van der Waals surface area contributed by atoms with E-state index in [9.17, 15) is 0 Å². The van der Waals surface area contributed by atoms with Gasteiger partial charge in [-0.2, -0.15) is 0 Å². The average molecular weight is 580 g/mol. The van der Waals surface area contributed by atoms with Crippen LogP contribution >= 0.6 is 23.2 Å². The average Bonchev–Trinajstić information content (AvgIpc) is 3.48. The molecule has 1 unspecified atom stereocenters. The second-order valence-corrected chi connectivity index (χ2v) is 12.4. The number of nitrogens with one attached hydrogen (secondary N) is 1. The number of para-hydroxylation sites is 1. The highest BCUT2D eigenvalue weighted by Crippen LogP contribution is 2.48. The molecule has 3 aliphatic rings. The second kappa shape index (κ2) is 11.9. The highest BCUT2D eigenvalue weighted by molar-refractivity contribution is 6.43. The van der Waals surface area contributed by atoms with E-state index in [0.717, 1.165) is 74.8 Å². The van der Waals surface area contributed by atoms with Gasteiger partial charge in [-0.25, -0.2) is 0 Å². The molecule has 212 valence electrons. The summed E-state index contributed by atoms with van der Waals surface area (Å²) in [4.78, 5) is 10.5. The number of fused-ring (bicyclic) bond motifs is 2. The molecule has 0 aliphatic carbocycles. The van der Waals surface area contributed by atoms with Gasteiger partial charge in [0.1, 0.15) is 5.75 Å². The molecular formula is C33H40Cl2N4O. The van der Waals surface area contributed by atoms with Crippen molar-refractivity contribution >= 4 is 28.9 Å². The molecule has 3 atom stereocenters. The minimum atomic E-state index is 0.0491. The summed E-state index contributed by atoms with van der Waals surface area (Å²) in [5, 5.41) is 5.01. The van der Waals surface area contributed by atoms with Crippen LogP contribution in [0.3, 0.4) is 0 Å². The molecule has 4 heterocycles. The number of benzene rings is 2. The van der Waals surface area contributed by atoms with Crippen molar-refractivity contribution in [3.63, 3.8) is 0 Å². The van der Waals surface area contributed by atoms with Gasteiger partial charge in [0.2, 0.25) is 0 Å². The van der Waals surface area contributed by atoms with Crippen LogP contribution in [0.2, 0.25) is 10.0 Å². The molecule has 5 nitrogen and oxygen atoms in total. The van der Waals surface area contributed by atoms with E-state index >= 15 is 0 Å². The molecule has 1 aromatic heterocycles. The lowest BCUT2D eigenvalue weighted by Crippen LogP contribution is -2.58. The number of halogens is 2. The number of anilines is 1. The van der Waals surface area contributed by atoms with E-state index in [1.165, 1.54) is 24.1 Å². The van der Waals surface area contributed by atoms with E-state index in [1.54, 1.807) is 0 Å². The SMILES string of the molecule is CCOc1ccccc1-c1ccc2c(n1)CN(C[C@H]1CCCN1)CC21CCN(c2cccc(Cl)c2Cl)C[C@H]1CC. The molecule has 0 radical (unpaired) electrons. The third-order valence-electron chi connectivity index (χ3n) is 9.31. The normalized spacial score (nSPS) is 24.9. The number of ether oxygens (including phenoxy) is 1. The molecule has 7 heteroatoms. The Bertz CT molecular complexity index is 1340. The fraction of sp³-hybridized carbons (Fsp3) is 0.485. The summed E-state index contributed by atoms with van der Waals surface area (Å²) < 4.78 is 5.98. The van der Waals surface area contributed by atoms with Gasteiger partial charge in [-0.3, -0.25) is 9.88 Å². The monoisotopic (exact) mass is 578 g/mol. The first-order valence-corrected chi connectivity index (χ1v) is 15.6. The zero-order valence-electron chi connectivity index (χ0n) is 23.6. The van der Waals surface area contributed by atoms with Gasteiger partial charge in [-0.05, 0) is 74.5 Å². The number of nitrogens with zero attached hydrogens (tertiary/aromatic N) is 3. The number of hydrogen-bond acceptors (Lipinski definition) is 5. The molecule has 3 aliphatic heterocycles. The Hall–Kier alpha value is -2.31. The summed E-state index contributed by atoms with van der Waals surface area (Å²) in [5.41, 5.74) is 5.81. The van der Waals surface area contributed by atoms with Crippen LogP contribution in [0.4, 0.5) is 5.69 Å². The summed E-state index contributed by atoms with van der Waals surface area (Å²) in [6, 6.07) is 19.4. The van der Waals surface area contributed by atoms with Crippen molar-refractivity contribution in [2.24, 2.45) is 5.92 Å². The Kier molecular flexibility index (Phi) is 8.28. The molecule has 0 bridgehead atoms. The third kappa shape index (κ3) is 5.22. The minimum Gasteiger partial charge on any atom is -0.493 e. The summed E-state index contributed by atoms with van der Waals surface area (Å²) in [7, 11) is 0. The van der Waals surface area contributed by atoms with E-state index in [1.807, 2.05) is 31.2 Å². The number of piperidine rings is 1. The molecule has 2 aromatic carbocycles. The maximum Gasteiger partial charge on any atom is 0.128 e. The molecule has 3 aromatic rings. The molecular weight excluding hydrogens is 539 g/mol. The van der Waals surface area contributed by atoms with E-state index < -0.39 is 0 Å². The van der Waals surface area contributed by atoms with Gasteiger partial charge in [0.15, 0.2) is 0 Å². The van der Waals surface area contributed by atoms with Crippen molar-refractivity contribution in [1.82, 2.24) is 15.2 Å². The van der Waals surface area contributed by atoms with Crippen LogP contribution < -0.4 is 15.0 Å². The molecule has 1 N–H and O–H groups in total. The maximum absolute atomic E-state index is 6.70. The Morgan fingerprint density at radius 1 is 1.07 bits per heavy atom. The predicted molar refractivity (Wildman–Crippen MR) is 166 cm³/mol. The Morgan fingerprint density at radius 2 is 1.95 bits per heavy atom. The number of hydrogen-bond donors (Lipinski definition) is 1. The maximum atomic E-state index is 6.70. The van der Waals surface area contributed by atoms with Gasteiger partial charge in [0, 0.05) is 49.7 Å². The van der Waals surface area contributed by atoms with Crippen LogP contribution in [0.5, 0.6) is 5.75 Å². The van der Waals surface area contributed by atoms with E-state index in [-0.39, 0.29) is 5.41 Å². The van der Waals surface area contributed by atoms with Crippen molar-refractivity contribution < 1.29 is 4.74 Å². The fourth-order valence-corrected chi connectivity index (χ4v) is 7.81. The standard InChI is InChI=1S/C33H40Cl2N4O/c1-3-23-19-39(30-12-7-11-27(34)32(30)35)18-16-33(23)22-38(20-24-9-8-17-36-24)21-29-26(33)14-15-28(37-29)25-10-5-6-13-31(25)40-4-2/h5-7,10-15,23-24,36H,3-4,8-9,16-22H2,1-2H3/t23-,24-,33?/m1/s1. The van der Waals surface area contributed by atoms with Crippen molar-refractivity contribution in [3.05, 3.63) is 75.9 Å². The third-order valence-corrected chi connectivity index (χ3v) is 10.1. The molecule has 2 saturated heterocycles. The Balaban J connectivity index is 1.38. The van der Waals surface area contributed by atoms with Crippen molar-refractivity contribution in [1.29, 1.82) is 0 Å². The Morgan fingerprint density at radius 3 is 2.75 bits per heavy atom. The second-order valence-electron chi connectivity index (χ2n) is 11.6. The highest BCUT2D eigenvalue weighted by Gasteiger charge is 2.48. The van der Waals surface area contributed by atoms with Crippen molar-refractivity contribution in [3.8, 4) is 17.0 Å². The van der Waals surface area contributed by atoms with Gasteiger partial charge in [-0.15, -0.1) is 0 Å². The van der Waals surface area contributed by atoms with Gasteiger partial charge >= 0.3 is 0 Å². The summed E-state index contributed by atoms with van der Waals surface area (Å²) in [6.07, 6.45) is 4.68. The molecule has 1 spiro atoms.